The van der Waals surface area contributed by atoms with Crippen LogP contribution in [-0.4, -0.2) is 37.7 Å². The fraction of sp³-hybridized carbons (Fsp3) is 0.667. The van der Waals surface area contributed by atoms with Gasteiger partial charge in [-0.2, -0.15) is 5.10 Å². The molecule has 0 saturated heterocycles. The Morgan fingerprint density at radius 3 is 2.48 bits per heavy atom. The van der Waals surface area contributed by atoms with Crippen LogP contribution in [0.1, 0.15) is 31.5 Å². The Labute approximate surface area is 129 Å². The molecule has 4 rings (SSSR count). The van der Waals surface area contributed by atoms with Gasteiger partial charge >= 0.3 is 0 Å². The van der Waals surface area contributed by atoms with Gasteiger partial charge in [0, 0.05) is 20.1 Å². The normalized spacial score (nSPS) is 18.8. The molecule has 6 heteroatoms. The van der Waals surface area contributed by atoms with E-state index in [-0.39, 0.29) is 0 Å². The average Bonchev–Trinajstić information content (AvgIpc) is 3.35. The Bertz CT molecular complexity index is 645. The van der Waals surface area contributed by atoms with Crippen molar-refractivity contribution < 1.29 is 0 Å². The smallest absolute Gasteiger partial charge is 0.162 e. The number of hydrogen-bond acceptors (Lipinski definition) is 4. The van der Waals surface area contributed by atoms with E-state index in [1.54, 1.807) is 10.9 Å². The van der Waals surface area contributed by atoms with Gasteiger partial charge in [0.05, 0.1) is 18.1 Å². The van der Waals surface area contributed by atoms with Gasteiger partial charge in [0.15, 0.2) is 5.65 Å². The largest absolute Gasteiger partial charge is 0.295 e. The maximum atomic E-state index is 6.27. The lowest BCUT2D eigenvalue weighted by molar-refractivity contribution is 0.238. The maximum Gasteiger partial charge on any atom is 0.162 e. The molecule has 112 valence electrons. The molecule has 0 atom stereocenters. The summed E-state index contributed by atoms with van der Waals surface area (Å²) >= 11 is 6.27. The van der Waals surface area contributed by atoms with Crippen molar-refractivity contribution in [3.05, 3.63) is 17.2 Å². The SMILES string of the molecule is Cn1ncc2c(Cl)nc(CN(CC3CC3)CC3CC3)nc21. The zero-order valence-electron chi connectivity index (χ0n) is 12.3. The summed E-state index contributed by atoms with van der Waals surface area (Å²) in [6.45, 7) is 3.16. The molecule has 5 nitrogen and oxygen atoms in total. The van der Waals surface area contributed by atoms with Crippen LogP contribution >= 0.6 is 11.6 Å². The van der Waals surface area contributed by atoms with E-state index in [2.05, 4.69) is 20.0 Å². The zero-order valence-corrected chi connectivity index (χ0v) is 13.1. The third kappa shape index (κ3) is 3.04. The highest BCUT2D eigenvalue weighted by Crippen LogP contribution is 2.34. The van der Waals surface area contributed by atoms with Crippen LogP contribution in [0, 0.1) is 11.8 Å². The maximum absolute atomic E-state index is 6.27. The first-order valence-electron chi connectivity index (χ1n) is 7.75. The molecule has 2 heterocycles. The van der Waals surface area contributed by atoms with Crippen LogP contribution in [0.4, 0.5) is 0 Å². The number of fused-ring (bicyclic) bond motifs is 1. The van der Waals surface area contributed by atoms with Crippen molar-refractivity contribution in [2.24, 2.45) is 18.9 Å². The summed E-state index contributed by atoms with van der Waals surface area (Å²) in [6.07, 6.45) is 7.24. The molecule has 0 bridgehead atoms. The molecule has 0 aromatic carbocycles. The van der Waals surface area contributed by atoms with Crippen molar-refractivity contribution in [3.63, 3.8) is 0 Å². The van der Waals surface area contributed by atoms with Gasteiger partial charge in [-0.05, 0) is 37.5 Å². The number of aryl methyl sites for hydroxylation is 1. The molecule has 2 fully saturated rings. The van der Waals surface area contributed by atoms with Crippen molar-refractivity contribution >= 4 is 22.6 Å². The Morgan fingerprint density at radius 1 is 1.19 bits per heavy atom. The Kier molecular flexibility index (Phi) is 3.34. The van der Waals surface area contributed by atoms with Crippen molar-refractivity contribution in [1.29, 1.82) is 0 Å². The molecule has 0 aliphatic heterocycles. The standard InChI is InChI=1S/C15H20ClN5/c1-20-15-12(6-17-20)14(16)18-13(19-15)9-21(7-10-2-3-10)8-11-4-5-11/h6,10-11H,2-5,7-9H2,1H3. The van der Waals surface area contributed by atoms with Crippen LogP contribution in [-0.2, 0) is 13.6 Å². The fourth-order valence-corrected chi connectivity index (χ4v) is 3.07. The van der Waals surface area contributed by atoms with Crippen molar-refractivity contribution in [3.8, 4) is 0 Å². The lowest BCUT2D eigenvalue weighted by Gasteiger charge is -2.21. The first kappa shape index (κ1) is 13.5. The number of aromatic nitrogens is 4. The highest BCUT2D eigenvalue weighted by atomic mass is 35.5. The average molecular weight is 306 g/mol. The molecule has 2 aliphatic carbocycles. The molecule has 0 spiro atoms. The molecular formula is C15H20ClN5. The van der Waals surface area contributed by atoms with E-state index in [0.717, 1.165) is 35.2 Å². The van der Waals surface area contributed by atoms with Crippen molar-refractivity contribution in [2.75, 3.05) is 13.1 Å². The summed E-state index contributed by atoms with van der Waals surface area (Å²) in [5.74, 6) is 2.59. The topological polar surface area (TPSA) is 46.8 Å². The van der Waals surface area contributed by atoms with E-state index in [4.69, 9.17) is 11.6 Å². The summed E-state index contributed by atoms with van der Waals surface area (Å²) in [7, 11) is 1.89. The Balaban J connectivity index is 1.56. The van der Waals surface area contributed by atoms with Gasteiger partial charge in [0.2, 0.25) is 0 Å². The molecule has 0 radical (unpaired) electrons. The molecule has 0 amide bonds. The fourth-order valence-electron chi connectivity index (χ4n) is 2.84. The quantitative estimate of drug-likeness (QED) is 0.770. The minimum atomic E-state index is 0.515. The van der Waals surface area contributed by atoms with E-state index in [1.165, 1.54) is 38.8 Å². The van der Waals surface area contributed by atoms with Gasteiger partial charge in [-0.3, -0.25) is 9.58 Å². The Hall–Kier alpha value is -1.20. The van der Waals surface area contributed by atoms with E-state index in [0.29, 0.717) is 5.15 Å². The number of halogens is 1. The lowest BCUT2D eigenvalue weighted by atomic mass is 10.3. The van der Waals surface area contributed by atoms with Gasteiger partial charge in [-0.25, -0.2) is 9.97 Å². The van der Waals surface area contributed by atoms with Crippen molar-refractivity contribution in [1.82, 2.24) is 24.6 Å². The van der Waals surface area contributed by atoms with Gasteiger partial charge < -0.3 is 0 Å². The minimum Gasteiger partial charge on any atom is -0.295 e. The summed E-state index contributed by atoms with van der Waals surface area (Å²) in [6, 6.07) is 0. The van der Waals surface area contributed by atoms with Crippen molar-refractivity contribution in [2.45, 2.75) is 32.2 Å². The molecular weight excluding hydrogens is 286 g/mol. The summed E-state index contributed by atoms with van der Waals surface area (Å²) in [4.78, 5) is 11.6. The zero-order chi connectivity index (χ0) is 14.4. The third-order valence-electron chi connectivity index (χ3n) is 4.38. The number of hydrogen-bond donors (Lipinski definition) is 0. The van der Waals surface area contributed by atoms with Crippen LogP contribution < -0.4 is 0 Å². The van der Waals surface area contributed by atoms with Crippen LogP contribution in [0.3, 0.4) is 0 Å². The molecule has 2 saturated carbocycles. The predicted molar refractivity (Wildman–Crippen MR) is 82.0 cm³/mol. The second kappa shape index (κ2) is 5.21. The van der Waals surface area contributed by atoms with E-state index in [9.17, 15) is 0 Å². The molecule has 0 N–H and O–H groups in total. The van der Waals surface area contributed by atoms with E-state index >= 15 is 0 Å². The highest BCUT2D eigenvalue weighted by Gasteiger charge is 2.29. The Morgan fingerprint density at radius 2 is 1.86 bits per heavy atom. The first-order valence-corrected chi connectivity index (χ1v) is 8.13. The highest BCUT2D eigenvalue weighted by molar-refractivity contribution is 6.33. The van der Waals surface area contributed by atoms with Gasteiger partial charge in [-0.1, -0.05) is 11.6 Å². The molecule has 21 heavy (non-hydrogen) atoms. The molecule has 2 aliphatic rings. The van der Waals surface area contributed by atoms with Crippen LogP contribution in [0.5, 0.6) is 0 Å². The predicted octanol–water partition coefficient (Wildman–Crippen LogP) is 2.64. The summed E-state index contributed by atoms with van der Waals surface area (Å²) < 4.78 is 1.76. The minimum absolute atomic E-state index is 0.515. The lowest BCUT2D eigenvalue weighted by Crippen LogP contribution is -2.28. The van der Waals surface area contributed by atoms with Gasteiger partial charge in [0.1, 0.15) is 11.0 Å². The monoisotopic (exact) mass is 305 g/mol. The molecule has 0 unspecified atom stereocenters. The van der Waals surface area contributed by atoms with Crippen LogP contribution in [0.25, 0.3) is 11.0 Å². The summed E-state index contributed by atoms with van der Waals surface area (Å²) in [5.41, 5.74) is 0.822. The molecule has 2 aromatic rings. The van der Waals surface area contributed by atoms with Gasteiger partial charge in [0.25, 0.3) is 0 Å². The van der Waals surface area contributed by atoms with E-state index < -0.39 is 0 Å². The second-order valence-corrected chi connectivity index (χ2v) is 6.87. The molecule has 2 aromatic heterocycles. The first-order chi connectivity index (χ1) is 10.2. The summed E-state index contributed by atoms with van der Waals surface area (Å²) in [5, 5.41) is 5.56. The van der Waals surface area contributed by atoms with Crippen LogP contribution in [0.2, 0.25) is 5.15 Å². The van der Waals surface area contributed by atoms with Crippen LogP contribution in [0.15, 0.2) is 6.20 Å². The third-order valence-corrected chi connectivity index (χ3v) is 4.67. The second-order valence-electron chi connectivity index (χ2n) is 6.52. The van der Waals surface area contributed by atoms with E-state index in [1.807, 2.05) is 7.05 Å². The van der Waals surface area contributed by atoms with Gasteiger partial charge in [-0.15, -0.1) is 0 Å². The number of rotatable bonds is 6. The number of nitrogens with zero attached hydrogens (tertiary/aromatic N) is 5.